The number of benzene rings is 1. The monoisotopic (exact) mass is 343 g/mol. The highest BCUT2D eigenvalue weighted by Gasteiger charge is 2.33. The maximum Gasteiger partial charge on any atom is 0.251 e. The van der Waals surface area contributed by atoms with Gasteiger partial charge in [0.1, 0.15) is 0 Å². The molecule has 1 aromatic rings. The second-order valence-corrected chi connectivity index (χ2v) is 6.61. The minimum atomic E-state index is -0.00742. The van der Waals surface area contributed by atoms with Gasteiger partial charge in [0, 0.05) is 27.9 Å². The van der Waals surface area contributed by atoms with Crippen molar-refractivity contribution in [1.82, 2.24) is 5.32 Å². The zero-order valence-corrected chi connectivity index (χ0v) is 13.5. The van der Waals surface area contributed by atoms with Crippen molar-refractivity contribution >= 4 is 33.4 Å². The molecule has 1 fully saturated rings. The van der Waals surface area contributed by atoms with Crippen LogP contribution in [0.3, 0.4) is 0 Å². The predicted molar refractivity (Wildman–Crippen MR) is 82.8 cm³/mol. The van der Waals surface area contributed by atoms with Gasteiger partial charge in [0.15, 0.2) is 0 Å². The number of halogens is 2. The highest BCUT2D eigenvalue weighted by atomic mass is 79.9. The lowest BCUT2D eigenvalue weighted by molar-refractivity contribution is 0.0935. The lowest BCUT2D eigenvalue weighted by Gasteiger charge is -2.26. The van der Waals surface area contributed by atoms with Crippen LogP contribution in [0.2, 0.25) is 0 Å². The molecule has 1 aliphatic carbocycles. The molecule has 0 atom stereocenters. The van der Waals surface area contributed by atoms with E-state index in [4.69, 9.17) is 11.6 Å². The van der Waals surface area contributed by atoms with Gasteiger partial charge >= 0.3 is 0 Å². The van der Waals surface area contributed by atoms with Crippen LogP contribution in [0.15, 0.2) is 22.7 Å². The quantitative estimate of drug-likeness (QED) is 0.811. The summed E-state index contributed by atoms with van der Waals surface area (Å²) in [6.45, 7) is 2.67. The summed E-state index contributed by atoms with van der Waals surface area (Å²) >= 11 is 9.52. The van der Waals surface area contributed by atoms with Gasteiger partial charge in [0.2, 0.25) is 0 Å². The molecule has 2 nitrogen and oxygen atoms in total. The summed E-state index contributed by atoms with van der Waals surface area (Å²) in [5.41, 5.74) is 1.89. The van der Waals surface area contributed by atoms with E-state index in [0.717, 1.165) is 22.9 Å². The summed E-state index contributed by atoms with van der Waals surface area (Å²) in [6.07, 6.45) is 4.69. The highest BCUT2D eigenvalue weighted by Crippen LogP contribution is 2.38. The zero-order chi connectivity index (χ0) is 13.9. The Morgan fingerprint density at radius 3 is 2.68 bits per heavy atom. The fraction of sp³-hybridized carbons (Fsp3) is 0.533. The van der Waals surface area contributed by atoms with Crippen LogP contribution in [0.1, 0.15) is 41.6 Å². The average molecular weight is 345 g/mol. The molecule has 1 aromatic carbocycles. The molecule has 0 unspecified atom stereocenters. The van der Waals surface area contributed by atoms with Gasteiger partial charge in [-0.3, -0.25) is 4.79 Å². The van der Waals surface area contributed by atoms with E-state index < -0.39 is 0 Å². The Kier molecular flexibility index (Phi) is 4.91. The van der Waals surface area contributed by atoms with E-state index in [0.29, 0.717) is 18.0 Å². The van der Waals surface area contributed by atoms with Crippen molar-refractivity contribution < 1.29 is 4.79 Å². The maximum atomic E-state index is 12.2. The lowest BCUT2D eigenvalue weighted by Crippen LogP contribution is -2.37. The third-order valence-corrected chi connectivity index (χ3v) is 5.45. The molecule has 1 amide bonds. The molecule has 0 bridgehead atoms. The van der Waals surface area contributed by atoms with E-state index >= 15 is 0 Å². The molecule has 0 spiro atoms. The van der Waals surface area contributed by atoms with Gasteiger partial charge in [0.25, 0.3) is 5.91 Å². The number of carbonyl (C=O) groups is 1. The Hall–Kier alpha value is -0.540. The van der Waals surface area contributed by atoms with E-state index in [1.165, 1.54) is 12.8 Å². The minimum Gasteiger partial charge on any atom is -0.351 e. The largest absolute Gasteiger partial charge is 0.351 e. The average Bonchev–Trinajstić information content (AvgIpc) is 2.89. The lowest BCUT2D eigenvalue weighted by atomic mass is 9.88. The van der Waals surface area contributed by atoms with Crippen molar-refractivity contribution in [2.75, 3.05) is 12.4 Å². The Morgan fingerprint density at radius 2 is 2.11 bits per heavy atom. The molecule has 0 aliphatic heterocycles. The molecule has 1 aliphatic rings. The number of carbonyl (C=O) groups excluding carboxylic acids is 1. The Labute approximate surface area is 128 Å². The molecule has 0 aromatic heterocycles. The third-order valence-electron chi connectivity index (χ3n) is 3.99. The highest BCUT2D eigenvalue weighted by molar-refractivity contribution is 9.10. The molecule has 4 heteroatoms. The smallest absolute Gasteiger partial charge is 0.251 e. The van der Waals surface area contributed by atoms with Crippen LogP contribution in [0.5, 0.6) is 0 Å². The number of hydrogen-bond acceptors (Lipinski definition) is 1. The molecule has 1 N–H and O–H groups in total. The molecule has 104 valence electrons. The van der Waals surface area contributed by atoms with Crippen LogP contribution in [0.4, 0.5) is 0 Å². The number of rotatable bonds is 4. The summed E-state index contributed by atoms with van der Waals surface area (Å²) in [7, 11) is 0. The van der Waals surface area contributed by atoms with Gasteiger partial charge in [-0.2, -0.15) is 0 Å². The summed E-state index contributed by atoms with van der Waals surface area (Å²) in [5, 5.41) is 3.04. The number of amides is 1. The minimum absolute atomic E-state index is 0.00742. The van der Waals surface area contributed by atoms with Crippen molar-refractivity contribution in [3.05, 3.63) is 33.8 Å². The second kappa shape index (κ2) is 6.27. The Morgan fingerprint density at radius 1 is 1.42 bits per heavy atom. The van der Waals surface area contributed by atoms with Crippen molar-refractivity contribution in [2.24, 2.45) is 5.41 Å². The predicted octanol–water partition coefficient (Wildman–Crippen LogP) is 4.29. The number of aryl methyl sites for hydroxylation is 1. The van der Waals surface area contributed by atoms with Gasteiger partial charge in [-0.1, -0.05) is 28.8 Å². The normalized spacial score (nSPS) is 17.4. The van der Waals surface area contributed by atoms with Gasteiger partial charge in [-0.25, -0.2) is 0 Å². The standard InChI is InChI=1S/C15H19BrClNO/c1-11-8-12(4-5-13(11)16)14(19)18-10-15(9-17)6-2-3-7-15/h4-5,8H,2-3,6-7,9-10H2,1H3,(H,18,19). The number of alkyl halides is 1. The topological polar surface area (TPSA) is 29.1 Å². The molecular formula is C15H19BrClNO. The van der Waals surface area contributed by atoms with E-state index in [1.54, 1.807) is 0 Å². The first kappa shape index (κ1) is 14.9. The molecule has 1 saturated carbocycles. The Balaban J connectivity index is 1.99. The van der Waals surface area contributed by atoms with Crippen molar-refractivity contribution in [1.29, 1.82) is 0 Å². The maximum absolute atomic E-state index is 12.2. The first-order valence-corrected chi connectivity index (χ1v) is 7.99. The van der Waals surface area contributed by atoms with E-state index in [9.17, 15) is 4.79 Å². The molecule has 0 saturated heterocycles. The summed E-state index contributed by atoms with van der Waals surface area (Å²) < 4.78 is 1.03. The van der Waals surface area contributed by atoms with Crippen LogP contribution in [0.25, 0.3) is 0 Å². The summed E-state index contributed by atoms with van der Waals surface area (Å²) in [6, 6.07) is 5.66. The van der Waals surface area contributed by atoms with E-state index in [-0.39, 0.29) is 11.3 Å². The van der Waals surface area contributed by atoms with Crippen molar-refractivity contribution in [3.63, 3.8) is 0 Å². The van der Waals surface area contributed by atoms with Crippen LogP contribution in [-0.4, -0.2) is 18.3 Å². The molecule has 0 radical (unpaired) electrons. The summed E-state index contributed by atoms with van der Waals surface area (Å²) in [5.74, 6) is 0.624. The van der Waals surface area contributed by atoms with Crippen LogP contribution < -0.4 is 5.32 Å². The van der Waals surface area contributed by atoms with Gasteiger partial charge in [-0.05, 0) is 43.5 Å². The van der Waals surface area contributed by atoms with Crippen molar-refractivity contribution in [2.45, 2.75) is 32.6 Å². The van der Waals surface area contributed by atoms with E-state index in [2.05, 4.69) is 21.2 Å². The fourth-order valence-corrected chi connectivity index (χ4v) is 3.25. The fourth-order valence-electron chi connectivity index (χ4n) is 2.64. The zero-order valence-electron chi connectivity index (χ0n) is 11.1. The molecule has 19 heavy (non-hydrogen) atoms. The number of nitrogens with one attached hydrogen (secondary N) is 1. The van der Waals surface area contributed by atoms with Gasteiger partial charge in [0.05, 0.1) is 0 Å². The summed E-state index contributed by atoms with van der Waals surface area (Å²) in [4.78, 5) is 12.2. The first-order chi connectivity index (χ1) is 9.06. The molecular weight excluding hydrogens is 326 g/mol. The van der Waals surface area contributed by atoms with Crippen molar-refractivity contribution in [3.8, 4) is 0 Å². The second-order valence-electron chi connectivity index (χ2n) is 5.49. The van der Waals surface area contributed by atoms with E-state index in [1.807, 2.05) is 25.1 Å². The van der Waals surface area contributed by atoms with Crippen LogP contribution in [0, 0.1) is 12.3 Å². The van der Waals surface area contributed by atoms with Gasteiger partial charge in [-0.15, -0.1) is 11.6 Å². The molecule has 2 rings (SSSR count). The Bertz CT molecular complexity index is 469. The molecule has 0 heterocycles. The van der Waals surface area contributed by atoms with Crippen LogP contribution in [-0.2, 0) is 0 Å². The van der Waals surface area contributed by atoms with Crippen LogP contribution >= 0.6 is 27.5 Å². The number of hydrogen-bond donors (Lipinski definition) is 1. The SMILES string of the molecule is Cc1cc(C(=O)NCC2(CCl)CCCC2)ccc1Br. The third kappa shape index (κ3) is 3.51. The van der Waals surface area contributed by atoms with Gasteiger partial charge < -0.3 is 5.32 Å². The first-order valence-electron chi connectivity index (χ1n) is 6.67.